The van der Waals surface area contributed by atoms with E-state index in [1.165, 1.54) is 12.1 Å². The summed E-state index contributed by atoms with van der Waals surface area (Å²) >= 11 is 0. The third-order valence-electron chi connectivity index (χ3n) is 2.18. The topological polar surface area (TPSA) is 33.1 Å². The molecule has 0 aliphatic rings. The summed E-state index contributed by atoms with van der Waals surface area (Å²) in [6.45, 7) is 0. The first-order chi connectivity index (χ1) is 7.27. The van der Waals surface area contributed by atoms with Crippen LogP contribution in [0.3, 0.4) is 0 Å². The zero-order chi connectivity index (χ0) is 10.7. The molecule has 0 saturated heterocycles. The van der Waals surface area contributed by atoms with Crippen molar-refractivity contribution >= 4 is 0 Å². The fourth-order valence-corrected chi connectivity index (χ4v) is 1.37. The number of aromatic hydroxyl groups is 1. The fraction of sp³-hybridized carbons (Fsp3) is 0.0833. The SMILES string of the molecule is Oc1ccc(C(F)c2ccncc2)cc1. The Morgan fingerprint density at radius 2 is 1.47 bits per heavy atom. The maximum Gasteiger partial charge on any atom is 0.150 e. The predicted octanol–water partition coefficient (Wildman–Crippen LogP) is 2.85. The summed E-state index contributed by atoms with van der Waals surface area (Å²) in [5.74, 6) is 0.140. The molecule has 3 heteroatoms. The standard InChI is InChI=1S/C12H10FNO/c13-12(10-5-7-14-8-6-10)9-1-3-11(15)4-2-9/h1-8,12,15H. The van der Waals surface area contributed by atoms with Gasteiger partial charge in [-0.05, 0) is 35.4 Å². The molecule has 2 aromatic rings. The Kier molecular flexibility index (Phi) is 2.63. The highest BCUT2D eigenvalue weighted by Crippen LogP contribution is 2.26. The molecule has 0 spiro atoms. The van der Waals surface area contributed by atoms with E-state index in [1.807, 2.05) is 0 Å². The summed E-state index contributed by atoms with van der Waals surface area (Å²) in [4.78, 5) is 3.83. The predicted molar refractivity (Wildman–Crippen MR) is 55.3 cm³/mol. The zero-order valence-electron chi connectivity index (χ0n) is 7.97. The van der Waals surface area contributed by atoms with E-state index in [2.05, 4.69) is 4.98 Å². The summed E-state index contributed by atoms with van der Waals surface area (Å²) < 4.78 is 13.9. The van der Waals surface area contributed by atoms with Crippen LogP contribution in [-0.2, 0) is 0 Å². The molecule has 2 nitrogen and oxygen atoms in total. The summed E-state index contributed by atoms with van der Waals surface area (Å²) in [5, 5.41) is 9.08. The van der Waals surface area contributed by atoms with Gasteiger partial charge in [-0.3, -0.25) is 4.98 Å². The van der Waals surface area contributed by atoms with Gasteiger partial charge in [0.2, 0.25) is 0 Å². The van der Waals surface area contributed by atoms with Crippen LogP contribution in [0, 0.1) is 0 Å². The Morgan fingerprint density at radius 3 is 2.07 bits per heavy atom. The summed E-state index contributed by atoms with van der Waals surface area (Å²) in [5.41, 5.74) is 1.09. The summed E-state index contributed by atoms with van der Waals surface area (Å²) in [7, 11) is 0. The number of phenolic OH excluding ortho intramolecular Hbond substituents is 1. The average Bonchev–Trinajstić information content (AvgIpc) is 2.30. The molecule has 15 heavy (non-hydrogen) atoms. The van der Waals surface area contributed by atoms with Gasteiger partial charge in [-0.2, -0.15) is 0 Å². The maximum atomic E-state index is 13.9. The fourth-order valence-electron chi connectivity index (χ4n) is 1.37. The molecule has 0 saturated carbocycles. The minimum Gasteiger partial charge on any atom is -0.508 e. The van der Waals surface area contributed by atoms with Crippen LogP contribution in [-0.4, -0.2) is 10.1 Å². The number of alkyl halides is 1. The number of aromatic nitrogens is 1. The van der Waals surface area contributed by atoms with E-state index in [0.717, 1.165) is 0 Å². The molecule has 1 aromatic heterocycles. The van der Waals surface area contributed by atoms with Gasteiger partial charge in [-0.25, -0.2) is 4.39 Å². The molecular formula is C12H10FNO. The Morgan fingerprint density at radius 1 is 0.933 bits per heavy atom. The lowest BCUT2D eigenvalue weighted by Crippen LogP contribution is -1.93. The molecule has 0 aliphatic heterocycles. The second-order valence-electron chi connectivity index (χ2n) is 3.23. The van der Waals surface area contributed by atoms with Crippen LogP contribution in [0.25, 0.3) is 0 Å². The molecular weight excluding hydrogens is 193 g/mol. The zero-order valence-corrected chi connectivity index (χ0v) is 7.97. The lowest BCUT2D eigenvalue weighted by Gasteiger charge is -2.08. The Labute approximate surface area is 87.0 Å². The first kappa shape index (κ1) is 9.65. The van der Waals surface area contributed by atoms with Crippen LogP contribution in [0.5, 0.6) is 5.75 Å². The lowest BCUT2D eigenvalue weighted by atomic mass is 10.0. The van der Waals surface area contributed by atoms with Crippen molar-refractivity contribution in [3.8, 4) is 5.75 Å². The second kappa shape index (κ2) is 4.09. The number of hydrogen-bond acceptors (Lipinski definition) is 2. The summed E-state index contributed by atoms with van der Waals surface area (Å²) in [6.07, 6.45) is 1.94. The third-order valence-corrected chi connectivity index (χ3v) is 2.18. The molecule has 0 fully saturated rings. The summed E-state index contributed by atoms with van der Waals surface area (Å²) in [6, 6.07) is 9.36. The highest BCUT2D eigenvalue weighted by atomic mass is 19.1. The molecule has 0 radical (unpaired) electrons. The number of benzene rings is 1. The molecule has 2 rings (SSSR count). The van der Waals surface area contributed by atoms with Crippen molar-refractivity contribution in [2.24, 2.45) is 0 Å². The number of pyridine rings is 1. The Balaban J connectivity index is 2.29. The van der Waals surface area contributed by atoms with Crippen molar-refractivity contribution in [1.29, 1.82) is 0 Å². The largest absolute Gasteiger partial charge is 0.508 e. The van der Waals surface area contributed by atoms with E-state index in [1.54, 1.807) is 36.7 Å². The van der Waals surface area contributed by atoms with Gasteiger partial charge in [0.15, 0.2) is 6.17 Å². The molecule has 76 valence electrons. The minimum absolute atomic E-state index is 0.140. The second-order valence-corrected chi connectivity index (χ2v) is 3.23. The van der Waals surface area contributed by atoms with Crippen LogP contribution < -0.4 is 0 Å². The van der Waals surface area contributed by atoms with E-state index in [4.69, 9.17) is 5.11 Å². The molecule has 1 aromatic carbocycles. The maximum absolute atomic E-state index is 13.9. The quantitative estimate of drug-likeness (QED) is 0.814. The van der Waals surface area contributed by atoms with E-state index < -0.39 is 6.17 Å². The van der Waals surface area contributed by atoms with Gasteiger partial charge in [-0.1, -0.05) is 12.1 Å². The van der Waals surface area contributed by atoms with Gasteiger partial charge in [-0.15, -0.1) is 0 Å². The third kappa shape index (κ3) is 2.13. The van der Waals surface area contributed by atoms with Gasteiger partial charge in [0.05, 0.1) is 0 Å². The molecule has 0 aliphatic carbocycles. The van der Waals surface area contributed by atoms with Crippen molar-refractivity contribution in [2.45, 2.75) is 6.17 Å². The monoisotopic (exact) mass is 203 g/mol. The van der Waals surface area contributed by atoms with Crippen molar-refractivity contribution in [3.63, 3.8) is 0 Å². The lowest BCUT2D eigenvalue weighted by molar-refractivity contribution is 0.401. The van der Waals surface area contributed by atoms with Crippen LogP contribution in [0.4, 0.5) is 4.39 Å². The highest BCUT2D eigenvalue weighted by molar-refractivity contribution is 5.32. The van der Waals surface area contributed by atoms with E-state index in [9.17, 15) is 4.39 Å². The molecule has 1 heterocycles. The molecule has 0 bridgehead atoms. The Bertz CT molecular complexity index is 427. The number of halogens is 1. The number of hydrogen-bond donors (Lipinski definition) is 1. The van der Waals surface area contributed by atoms with E-state index in [0.29, 0.717) is 11.1 Å². The molecule has 1 N–H and O–H groups in total. The van der Waals surface area contributed by atoms with Gasteiger partial charge in [0.1, 0.15) is 5.75 Å². The van der Waals surface area contributed by atoms with Crippen LogP contribution in [0.15, 0.2) is 48.8 Å². The molecule has 1 atom stereocenters. The van der Waals surface area contributed by atoms with Crippen LogP contribution in [0.2, 0.25) is 0 Å². The normalized spacial score (nSPS) is 12.3. The van der Waals surface area contributed by atoms with Gasteiger partial charge < -0.3 is 5.11 Å². The van der Waals surface area contributed by atoms with Crippen molar-refractivity contribution in [3.05, 3.63) is 59.9 Å². The molecule has 1 unspecified atom stereocenters. The van der Waals surface area contributed by atoms with Gasteiger partial charge in [0.25, 0.3) is 0 Å². The average molecular weight is 203 g/mol. The Hall–Kier alpha value is -1.90. The van der Waals surface area contributed by atoms with Crippen molar-refractivity contribution in [1.82, 2.24) is 4.98 Å². The minimum atomic E-state index is -1.17. The van der Waals surface area contributed by atoms with Crippen LogP contribution >= 0.6 is 0 Å². The van der Waals surface area contributed by atoms with Crippen LogP contribution in [0.1, 0.15) is 17.3 Å². The highest BCUT2D eigenvalue weighted by Gasteiger charge is 2.11. The van der Waals surface area contributed by atoms with E-state index in [-0.39, 0.29) is 5.75 Å². The van der Waals surface area contributed by atoms with Gasteiger partial charge in [0, 0.05) is 12.4 Å². The first-order valence-corrected chi connectivity index (χ1v) is 4.60. The van der Waals surface area contributed by atoms with E-state index >= 15 is 0 Å². The number of phenols is 1. The smallest absolute Gasteiger partial charge is 0.150 e. The number of rotatable bonds is 2. The number of nitrogens with zero attached hydrogens (tertiary/aromatic N) is 1. The van der Waals surface area contributed by atoms with Crippen molar-refractivity contribution < 1.29 is 9.50 Å². The first-order valence-electron chi connectivity index (χ1n) is 4.60. The molecule has 0 amide bonds. The van der Waals surface area contributed by atoms with Crippen molar-refractivity contribution in [2.75, 3.05) is 0 Å². The van der Waals surface area contributed by atoms with Gasteiger partial charge >= 0.3 is 0 Å².